The zero-order valence-electron chi connectivity index (χ0n) is 14.5. The lowest BCUT2D eigenvalue weighted by Crippen LogP contribution is -2.46. The molecule has 1 aromatic carbocycles. The third kappa shape index (κ3) is 4.16. The van der Waals surface area contributed by atoms with Gasteiger partial charge in [0.05, 0.1) is 0 Å². The van der Waals surface area contributed by atoms with E-state index in [1.807, 2.05) is 0 Å². The lowest BCUT2D eigenvalue weighted by molar-refractivity contribution is -0.150. The van der Waals surface area contributed by atoms with Crippen LogP contribution in [0.5, 0.6) is 0 Å². The summed E-state index contributed by atoms with van der Waals surface area (Å²) < 4.78 is 17.6. The second-order valence-electron chi connectivity index (χ2n) is 5.83. The Kier molecular flexibility index (Phi) is 5.91. The number of nitrogens with zero attached hydrogens (tertiary/aromatic N) is 1. The summed E-state index contributed by atoms with van der Waals surface area (Å²) in [5.41, 5.74) is -0.658. The number of amides is 4. The number of esters is 1. The van der Waals surface area contributed by atoms with E-state index in [9.17, 15) is 23.6 Å². The number of anilines is 1. The highest BCUT2D eigenvalue weighted by atomic mass is 19.1. The maximum absolute atomic E-state index is 12.8. The third-order valence-corrected chi connectivity index (χ3v) is 4.23. The number of halogens is 1. The minimum Gasteiger partial charge on any atom is -0.454 e. The Labute approximate surface area is 149 Å². The Morgan fingerprint density at radius 2 is 1.81 bits per heavy atom. The monoisotopic (exact) mass is 365 g/mol. The molecule has 0 atom stereocenters. The van der Waals surface area contributed by atoms with Crippen LogP contribution >= 0.6 is 0 Å². The van der Waals surface area contributed by atoms with Gasteiger partial charge in [0.25, 0.3) is 11.8 Å². The number of imide groups is 1. The number of ether oxygens (including phenoxy) is 1. The van der Waals surface area contributed by atoms with E-state index in [2.05, 4.69) is 10.6 Å². The molecule has 8 nitrogen and oxygen atoms in total. The van der Waals surface area contributed by atoms with E-state index in [0.717, 1.165) is 4.90 Å². The molecule has 2 N–H and O–H groups in total. The quantitative estimate of drug-likeness (QED) is 0.562. The van der Waals surface area contributed by atoms with Crippen LogP contribution in [0.3, 0.4) is 0 Å². The first-order chi connectivity index (χ1) is 12.3. The first-order valence-electron chi connectivity index (χ1n) is 8.16. The second kappa shape index (κ2) is 7.94. The SMILES string of the molecule is CCC1(CC)NC(=O)N(CC(=O)OCC(=O)Nc2ccc(F)cc2)C1=O. The predicted molar refractivity (Wildman–Crippen MR) is 89.5 cm³/mol. The van der Waals surface area contributed by atoms with Crippen molar-refractivity contribution in [1.82, 2.24) is 10.2 Å². The van der Waals surface area contributed by atoms with Crippen LogP contribution in [0.1, 0.15) is 26.7 Å². The molecule has 1 aliphatic rings. The van der Waals surface area contributed by atoms with Crippen molar-refractivity contribution in [2.45, 2.75) is 32.2 Å². The van der Waals surface area contributed by atoms with Crippen LogP contribution in [0.25, 0.3) is 0 Å². The minimum atomic E-state index is -1.00. The first-order valence-corrected chi connectivity index (χ1v) is 8.16. The molecule has 0 aliphatic carbocycles. The molecule has 9 heteroatoms. The van der Waals surface area contributed by atoms with Crippen molar-refractivity contribution >= 4 is 29.5 Å². The minimum absolute atomic E-state index is 0.345. The molecular formula is C17H20FN3O5. The Balaban J connectivity index is 1.85. The highest BCUT2D eigenvalue weighted by Gasteiger charge is 2.49. The maximum Gasteiger partial charge on any atom is 0.326 e. The van der Waals surface area contributed by atoms with Crippen molar-refractivity contribution in [3.05, 3.63) is 30.1 Å². The summed E-state index contributed by atoms with van der Waals surface area (Å²) in [6.45, 7) is 2.37. The third-order valence-electron chi connectivity index (χ3n) is 4.23. The molecule has 0 radical (unpaired) electrons. The molecule has 4 amide bonds. The maximum atomic E-state index is 12.8. The van der Waals surface area contributed by atoms with Crippen molar-refractivity contribution in [1.29, 1.82) is 0 Å². The smallest absolute Gasteiger partial charge is 0.326 e. The molecule has 1 saturated heterocycles. The Morgan fingerprint density at radius 3 is 2.35 bits per heavy atom. The van der Waals surface area contributed by atoms with E-state index in [4.69, 9.17) is 4.74 Å². The van der Waals surface area contributed by atoms with Crippen LogP contribution in [0.15, 0.2) is 24.3 Å². The van der Waals surface area contributed by atoms with Gasteiger partial charge in [0.15, 0.2) is 6.61 Å². The van der Waals surface area contributed by atoms with Gasteiger partial charge < -0.3 is 15.4 Å². The Hall–Kier alpha value is -2.97. The van der Waals surface area contributed by atoms with E-state index in [-0.39, 0.29) is 0 Å². The van der Waals surface area contributed by atoms with E-state index in [0.29, 0.717) is 18.5 Å². The summed E-state index contributed by atoms with van der Waals surface area (Å²) in [7, 11) is 0. The van der Waals surface area contributed by atoms with Gasteiger partial charge in [0.1, 0.15) is 17.9 Å². The average Bonchev–Trinajstić information content (AvgIpc) is 2.86. The number of carbonyl (C=O) groups excluding carboxylic acids is 4. The van der Waals surface area contributed by atoms with Crippen LogP contribution in [-0.2, 0) is 19.1 Å². The number of hydrogen-bond acceptors (Lipinski definition) is 5. The van der Waals surface area contributed by atoms with Crippen LogP contribution < -0.4 is 10.6 Å². The predicted octanol–water partition coefficient (Wildman–Crippen LogP) is 1.42. The number of carbonyl (C=O) groups is 4. The van der Waals surface area contributed by atoms with Gasteiger partial charge in [-0.05, 0) is 37.1 Å². The summed E-state index contributed by atoms with van der Waals surface area (Å²) in [6, 6.07) is 4.40. The molecule has 0 bridgehead atoms. The molecule has 0 unspecified atom stereocenters. The van der Waals surface area contributed by atoms with Crippen LogP contribution in [0.4, 0.5) is 14.9 Å². The van der Waals surface area contributed by atoms with Crippen molar-refractivity contribution in [3.63, 3.8) is 0 Å². The van der Waals surface area contributed by atoms with E-state index >= 15 is 0 Å². The second-order valence-corrected chi connectivity index (χ2v) is 5.83. The fourth-order valence-electron chi connectivity index (χ4n) is 2.60. The molecule has 26 heavy (non-hydrogen) atoms. The molecule has 0 aromatic heterocycles. The van der Waals surface area contributed by atoms with Gasteiger partial charge in [-0.2, -0.15) is 0 Å². The lowest BCUT2D eigenvalue weighted by atomic mass is 9.93. The summed E-state index contributed by atoms with van der Waals surface area (Å²) in [6.07, 6.45) is 0.805. The standard InChI is InChI=1S/C17H20FN3O5/c1-3-17(4-2)15(24)21(16(25)20-17)9-14(23)26-10-13(22)19-12-7-5-11(18)6-8-12/h5-8H,3-4,9-10H2,1-2H3,(H,19,22)(H,20,25). The highest BCUT2D eigenvalue weighted by molar-refractivity contribution is 6.08. The van der Waals surface area contributed by atoms with Crippen molar-refractivity contribution < 1.29 is 28.3 Å². The van der Waals surface area contributed by atoms with Gasteiger partial charge in [-0.15, -0.1) is 0 Å². The van der Waals surface area contributed by atoms with Gasteiger partial charge in [0, 0.05) is 5.69 Å². The molecule has 1 aliphatic heterocycles. The zero-order chi connectivity index (χ0) is 19.3. The first kappa shape index (κ1) is 19.4. The van der Waals surface area contributed by atoms with E-state index < -0.39 is 48.3 Å². The van der Waals surface area contributed by atoms with E-state index in [1.165, 1.54) is 24.3 Å². The average molecular weight is 365 g/mol. The topological polar surface area (TPSA) is 105 Å². The molecule has 140 valence electrons. The largest absolute Gasteiger partial charge is 0.454 e. The number of urea groups is 1. The number of nitrogens with one attached hydrogen (secondary N) is 2. The van der Waals surface area contributed by atoms with Gasteiger partial charge in [-0.1, -0.05) is 13.8 Å². The molecule has 1 fully saturated rings. The van der Waals surface area contributed by atoms with Crippen LogP contribution in [0, 0.1) is 5.82 Å². The van der Waals surface area contributed by atoms with Crippen LogP contribution in [-0.4, -0.2) is 47.4 Å². The molecule has 2 rings (SSSR count). The lowest BCUT2D eigenvalue weighted by Gasteiger charge is -2.22. The summed E-state index contributed by atoms with van der Waals surface area (Å²) in [4.78, 5) is 48.7. The number of benzene rings is 1. The highest BCUT2D eigenvalue weighted by Crippen LogP contribution is 2.24. The van der Waals surface area contributed by atoms with Gasteiger partial charge in [-0.3, -0.25) is 19.3 Å². The fraction of sp³-hybridized carbons (Fsp3) is 0.412. The number of rotatable bonds is 7. The van der Waals surface area contributed by atoms with Gasteiger partial charge in [-0.25, -0.2) is 9.18 Å². The fourth-order valence-corrected chi connectivity index (χ4v) is 2.60. The van der Waals surface area contributed by atoms with E-state index in [1.54, 1.807) is 13.8 Å². The Morgan fingerprint density at radius 1 is 1.19 bits per heavy atom. The number of hydrogen-bond donors (Lipinski definition) is 2. The van der Waals surface area contributed by atoms with Gasteiger partial charge in [0.2, 0.25) is 0 Å². The Bertz CT molecular complexity index is 716. The molecule has 1 heterocycles. The summed E-state index contributed by atoms with van der Waals surface area (Å²) in [5.74, 6) is -2.44. The summed E-state index contributed by atoms with van der Waals surface area (Å²) >= 11 is 0. The van der Waals surface area contributed by atoms with Crippen molar-refractivity contribution in [2.75, 3.05) is 18.5 Å². The molecule has 0 saturated carbocycles. The summed E-state index contributed by atoms with van der Waals surface area (Å²) in [5, 5.41) is 5.02. The van der Waals surface area contributed by atoms with Crippen LogP contribution in [0.2, 0.25) is 0 Å². The molecule has 1 aromatic rings. The molecular weight excluding hydrogens is 345 g/mol. The normalized spacial score (nSPS) is 15.6. The zero-order valence-corrected chi connectivity index (χ0v) is 14.5. The molecule has 0 spiro atoms. The van der Waals surface area contributed by atoms with Crippen molar-refractivity contribution in [3.8, 4) is 0 Å². The van der Waals surface area contributed by atoms with Crippen molar-refractivity contribution in [2.24, 2.45) is 0 Å². The van der Waals surface area contributed by atoms with Gasteiger partial charge >= 0.3 is 12.0 Å².